The minimum Gasteiger partial charge on any atom is -0.504 e. The van der Waals surface area contributed by atoms with E-state index < -0.39 is 25.6 Å². The second kappa shape index (κ2) is 16.8. The quantitative estimate of drug-likeness (QED) is 0.0395. The minimum absolute atomic E-state index is 0.254. The summed E-state index contributed by atoms with van der Waals surface area (Å²) in [5.41, 5.74) is 0.763. The Balaban J connectivity index is 1.84. The summed E-state index contributed by atoms with van der Waals surface area (Å²) in [6, 6.07) is 13.3. The Morgan fingerprint density at radius 2 is 0.767 bits per heavy atom. The van der Waals surface area contributed by atoms with Crippen molar-refractivity contribution in [3.8, 4) is 34.5 Å². The zero-order valence-electron chi connectivity index (χ0n) is 24.4. The lowest BCUT2D eigenvalue weighted by Crippen LogP contribution is -2.30. The molecule has 234 valence electrons. The van der Waals surface area contributed by atoms with E-state index in [1.165, 1.54) is 18.2 Å². The van der Waals surface area contributed by atoms with Gasteiger partial charge in [0.05, 0.1) is 0 Å². The fourth-order valence-electron chi connectivity index (χ4n) is 4.36. The maximum absolute atomic E-state index is 10.4. The molecule has 0 fully saturated rings. The molecule has 0 saturated carbocycles. The highest BCUT2D eigenvalue weighted by molar-refractivity contribution is 6.35. The molecule has 3 unspecified atom stereocenters. The summed E-state index contributed by atoms with van der Waals surface area (Å²) in [6.07, 6.45) is 0.372. The van der Waals surface area contributed by atoms with Gasteiger partial charge in [0, 0.05) is 16.7 Å². The first kappa shape index (κ1) is 33.8. The van der Waals surface area contributed by atoms with Crippen LogP contribution < -0.4 is 0 Å². The average Bonchev–Trinajstić information content (AvgIpc) is 2.99. The molecule has 0 aliphatic carbocycles. The van der Waals surface area contributed by atoms with Gasteiger partial charge in [-0.1, -0.05) is 76.4 Å². The maximum Gasteiger partial charge on any atom is 0.725 e. The van der Waals surface area contributed by atoms with Crippen molar-refractivity contribution in [1.82, 2.24) is 0 Å². The summed E-state index contributed by atoms with van der Waals surface area (Å²) in [5, 5.41) is 61.1. The third-order valence-corrected chi connectivity index (χ3v) is 6.58. The lowest BCUT2D eigenvalue weighted by molar-refractivity contribution is -0.379. The highest BCUT2D eigenvalue weighted by atomic mass is 17.3. The Hall–Kier alpha value is -3.72. The van der Waals surface area contributed by atoms with E-state index in [4.69, 9.17) is 29.1 Å². The largest absolute Gasteiger partial charge is 0.725 e. The lowest BCUT2D eigenvalue weighted by atomic mass is 10.0. The van der Waals surface area contributed by atoms with Crippen LogP contribution >= 0.6 is 0 Å². The molecule has 13 heteroatoms. The predicted molar refractivity (Wildman–Crippen MR) is 155 cm³/mol. The van der Waals surface area contributed by atoms with E-state index in [1.54, 1.807) is 36.4 Å². The molecule has 0 aliphatic heterocycles. The molecule has 0 spiro atoms. The van der Waals surface area contributed by atoms with E-state index >= 15 is 0 Å². The molecule has 0 radical (unpaired) electrons. The standard InChI is InChI=1S/C30H39BO12/c1-4-10-25(19-13-7-16-22(32)28(19)35)38-41-31(42-39-26(11-5-2)20-14-8-17-23(33)29(20)36)43-40-27(12-6-3)21-15-9-18-24(34)30(21)37/h7-9,13-18,25-27,32-37H,4-6,10-12H2,1-3H3. The van der Waals surface area contributed by atoms with E-state index in [1.807, 2.05) is 20.8 Å². The zero-order chi connectivity index (χ0) is 31.4. The molecule has 3 rings (SSSR count). The van der Waals surface area contributed by atoms with Gasteiger partial charge in [-0.2, -0.15) is 0 Å². The van der Waals surface area contributed by atoms with Crippen molar-refractivity contribution in [3.63, 3.8) is 0 Å². The molecule has 0 aromatic heterocycles. The van der Waals surface area contributed by atoms with Crippen molar-refractivity contribution in [2.45, 2.75) is 77.6 Å². The second-order valence-corrected chi connectivity index (χ2v) is 9.84. The molecule has 0 amide bonds. The third kappa shape index (κ3) is 9.13. The Kier molecular flexibility index (Phi) is 13.2. The van der Waals surface area contributed by atoms with Crippen LogP contribution in [0, 0.1) is 0 Å². The first-order valence-electron chi connectivity index (χ1n) is 14.2. The van der Waals surface area contributed by atoms with Gasteiger partial charge in [-0.3, -0.25) is 0 Å². The number of para-hydroxylation sites is 3. The van der Waals surface area contributed by atoms with Crippen LogP contribution in [0.5, 0.6) is 34.5 Å². The van der Waals surface area contributed by atoms with Gasteiger partial charge in [0.15, 0.2) is 34.5 Å². The van der Waals surface area contributed by atoms with Gasteiger partial charge < -0.3 is 30.6 Å². The highest BCUT2D eigenvalue weighted by Gasteiger charge is 2.34. The predicted octanol–water partition coefficient (Wildman–Crippen LogP) is 6.67. The molecule has 0 heterocycles. The third-order valence-electron chi connectivity index (χ3n) is 6.58. The summed E-state index contributed by atoms with van der Waals surface area (Å²) >= 11 is 0. The lowest BCUT2D eigenvalue weighted by Gasteiger charge is -2.23. The van der Waals surface area contributed by atoms with E-state index in [0.29, 0.717) is 38.5 Å². The smallest absolute Gasteiger partial charge is 0.504 e. The van der Waals surface area contributed by atoms with Crippen molar-refractivity contribution in [3.05, 3.63) is 71.3 Å². The van der Waals surface area contributed by atoms with E-state index in [9.17, 15) is 30.6 Å². The molecule has 43 heavy (non-hydrogen) atoms. The Labute approximate surface area is 250 Å². The van der Waals surface area contributed by atoms with Crippen LogP contribution in [-0.2, 0) is 29.1 Å². The number of benzene rings is 3. The van der Waals surface area contributed by atoms with Gasteiger partial charge in [-0.05, 0) is 37.5 Å². The first-order valence-corrected chi connectivity index (χ1v) is 14.2. The number of hydrogen-bond acceptors (Lipinski definition) is 12. The van der Waals surface area contributed by atoms with Gasteiger partial charge in [0.1, 0.15) is 18.3 Å². The van der Waals surface area contributed by atoms with Gasteiger partial charge in [-0.15, -0.1) is 0 Å². The van der Waals surface area contributed by atoms with E-state index in [0.717, 1.165) is 0 Å². The second-order valence-electron chi connectivity index (χ2n) is 9.84. The topological polar surface area (TPSA) is 177 Å². The number of aromatic hydroxyl groups is 6. The van der Waals surface area contributed by atoms with Crippen molar-refractivity contribution in [2.75, 3.05) is 0 Å². The normalized spacial score (nSPS) is 13.5. The van der Waals surface area contributed by atoms with E-state index in [-0.39, 0.29) is 51.2 Å². The molecule has 12 nitrogen and oxygen atoms in total. The van der Waals surface area contributed by atoms with Gasteiger partial charge in [0.2, 0.25) is 0 Å². The molecular formula is C30H39BO12. The number of hydrogen-bond donors (Lipinski definition) is 6. The fourth-order valence-corrected chi connectivity index (χ4v) is 4.36. The van der Waals surface area contributed by atoms with Crippen molar-refractivity contribution in [2.24, 2.45) is 0 Å². The summed E-state index contributed by atoms with van der Waals surface area (Å²) in [6.45, 7) is 5.67. The monoisotopic (exact) mass is 602 g/mol. The molecule has 3 aromatic carbocycles. The summed E-state index contributed by atoms with van der Waals surface area (Å²) in [7, 11) is -1.81. The van der Waals surface area contributed by atoms with Crippen LogP contribution in [-0.4, -0.2) is 38.0 Å². The number of phenols is 6. The fraction of sp³-hybridized carbons (Fsp3) is 0.400. The first-order chi connectivity index (χ1) is 20.7. The molecule has 0 aliphatic rings. The molecule has 0 bridgehead atoms. The average molecular weight is 602 g/mol. The van der Waals surface area contributed by atoms with Crippen LogP contribution in [0.2, 0.25) is 0 Å². The number of rotatable bonds is 18. The summed E-state index contributed by atoms with van der Waals surface area (Å²) in [4.78, 5) is 33.1. The Morgan fingerprint density at radius 1 is 0.488 bits per heavy atom. The van der Waals surface area contributed by atoms with Crippen molar-refractivity contribution in [1.29, 1.82) is 0 Å². The van der Waals surface area contributed by atoms with Crippen LogP contribution in [0.15, 0.2) is 54.6 Å². The van der Waals surface area contributed by atoms with Crippen LogP contribution in [0.4, 0.5) is 0 Å². The maximum atomic E-state index is 10.4. The van der Waals surface area contributed by atoms with Crippen LogP contribution in [0.25, 0.3) is 0 Å². The van der Waals surface area contributed by atoms with Gasteiger partial charge in [0.25, 0.3) is 0 Å². The molecule has 6 N–H and O–H groups in total. The van der Waals surface area contributed by atoms with Gasteiger partial charge >= 0.3 is 7.32 Å². The van der Waals surface area contributed by atoms with Crippen LogP contribution in [0.1, 0.15) is 94.3 Å². The van der Waals surface area contributed by atoms with Crippen LogP contribution in [0.3, 0.4) is 0 Å². The van der Waals surface area contributed by atoms with Crippen molar-refractivity contribution < 1.29 is 59.7 Å². The minimum atomic E-state index is -1.81. The Bertz CT molecular complexity index is 1130. The molecular weight excluding hydrogens is 563 g/mol. The van der Waals surface area contributed by atoms with Crippen molar-refractivity contribution >= 4 is 7.32 Å². The zero-order valence-corrected chi connectivity index (χ0v) is 24.4. The molecule has 3 atom stereocenters. The number of phenolic OH excluding ortho intramolecular Hbond substituents is 6. The Morgan fingerprint density at radius 3 is 1.02 bits per heavy atom. The van der Waals surface area contributed by atoms with Gasteiger partial charge in [-0.25, -0.2) is 29.1 Å². The SMILES string of the molecule is CCCC(OOB(OOC(CCC)c1cccc(O)c1O)OOC(CCC)c1cccc(O)c1O)c1cccc(O)c1O. The summed E-state index contributed by atoms with van der Waals surface area (Å²) < 4.78 is 0. The van der Waals surface area contributed by atoms with E-state index in [2.05, 4.69) is 0 Å². The highest BCUT2D eigenvalue weighted by Crippen LogP contribution is 2.39. The summed E-state index contributed by atoms with van der Waals surface area (Å²) in [5.74, 6) is -2.13. The molecule has 3 aromatic rings. The molecule has 0 saturated heterocycles.